The Kier molecular flexibility index (Phi) is 6.27. The third-order valence-electron chi connectivity index (χ3n) is 4.98. The number of rotatable bonds is 6. The van der Waals surface area contributed by atoms with Crippen molar-refractivity contribution in [2.45, 2.75) is 39.2 Å². The van der Waals surface area contributed by atoms with Crippen molar-refractivity contribution in [3.05, 3.63) is 69.6 Å². The number of carbonyl (C=O) groups is 2. The van der Waals surface area contributed by atoms with Gasteiger partial charge in [0.2, 0.25) is 5.91 Å². The average Bonchev–Trinajstić information content (AvgIpc) is 3.20. The Morgan fingerprint density at radius 3 is 2.50 bits per heavy atom. The van der Waals surface area contributed by atoms with Crippen molar-refractivity contribution in [2.75, 3.05) is 0 Å². The van der Waals surface area contributed by atoms with Crippen LogP contribution in [0.5, 0.6) is 0 Å². The Bertz CT molecular complexity index is 1330. The number of amides is 2. The average molecular weight is 450 g/mol. The van der Waals surface area contributed by atoms with Gasteiger partial charge < -0.3 is 0 Å². The third kappa shape index (κ3) is 4.52. The van der Waals surface area contributed by atoms with Crippen molar-refractivity contribution >= 4 is 44.1 Å². The molecule has 0 aliphatic rings. The molecule has 0 aliphatic heterocycles. The van der Waals surface area contributed by atoms with Gasteiger partial charge in [-0.25, -0.2) is 9.67 Å². The van der Waals surface area contributed by atoms with Crippen LogP contribution in [0.1, 0.15) is 48.2 Å². The number of hydrogen-bond donors (Lipinski definition) is 2. The molecule has 0 fully saturated rings. The summed E-state index contributed by atoms with van der Waals surface area (Å²) in [5.41, 5.74) is 5.65. The molecule has 0 bridgehead atoms. The Labute approximate surface area is 188 Å². The summed E-state index contributed by atoms with van der Waals surface area (Å²) in [5, 5.41) is 6.06. The highest BCUT2D eigenvalue weighted by molar-refractivity contribution is 7.18. The molecule has 4 aromatic rings. The normalized spacial score (nSPS) is 11.2. The molecule has 0 saturated carbocycles. The van der Waals surface area contributed by atoms with Crippen LogP contribution in [0.3, 0.4) is 0 Å². The van der Waals surface area contributed by atoms with Crippen LogP contribution >= 0.6 is 11.3 Å². The van der Waals surface area contributed by atoms with Crippen LogP contribution in [0, 0.1) is 0 Å². The molecule has 2 aromatic heterocycles. The molecule has 0 unspecified atom stereocenters. The summed E-state index contributed by atoms with van der Waals surface area (Å²) in [7, 11) is 0. The highest BCUT2D eigenvalue weighted by Crippen LogP contribution is 2.22. The van der Waals surface area contributed by atoms with E-state index in [0.29, 0.717) is 23.6 Å². The van der Waals surface area contributed by atoms with Gasteiger partial charge in [0.15, 0.2) is 5.69 Å². The van der Waals surface area contributed by atoms with E-state index >= 15 is 0 Å². The number of carbonyl (C=O) groups excluding carboxylic acids is 2. The Morgan fingerprint density at radius 2 is 1.75 bits per heavy atom. The minimum Gasteiger partial charge on any atom is -0.273 e. The lowest BCUT2D eigenvalue weighted by atomic mass is 10.1. The van der Waals surface area contributed by atoms with Gasteiger partial charge in [0.05, 0.1) is 26.7 Å². The summed E-state index contributed by atoms with van der Waals surface area (Å²) in [5.74, 6) is -0.879. The molecule has 0 spiro atoms. The lowest BCUT2D eigenvalue weighted by molar-refractivity contribution is -0.121. The maximum Gasteiger partial charge on any atom is 0.290 e. The highest BCUT2D eigenvalue weighted by atomic mass is 32.1. The second-order valence-corrected chi connectivity index (χ2v) is 8.78. The highest BCUT2D eigenvalue weighted by Gasteiger charge is 2.18. The summed E-state index contributed by atoms with van der Waals surface area (Å²) in [6.07, 6.45) is 1.54. The van der Waals surface area contributed by atoms with E-state index in [1.165, 1.54) is 4.68 Å². The van der Waals surface area contributed by atoms with E-state index in [-0.39, 0.29) is 29.6 Å². The van der Waals surface area contributed by atoms with Crippen molar-refractivity contribution in [2.24, 2.45) is 0 Å². The topological polar surface area (TPSA) is 106 Å². The van der Waals surface area contributed by atoms with E-state index < -0.39 is 5.91 Å². The van der Waals surface area contributed by atoms with Gasteiger partial charge in [0.1, 0.15) is 0 Å². The fraction of sp³-hybridized carbons (Fsp3) is 0.261. The molecule has 9 heteroatoms. The molecule has 2 heterocycles. The van der Waals surface area contributed by atoms with Crippen molar-refractivity contribution in [3.63, 3.8) is 0 Å². The summed E-state index contributed by atoms with van der Waals surface area (Å²) in [4.78, 5) is 42.1. The SMILES string of the molecule is CC(C)n1nc(C(=O)NNC(=O)CCCc2nc3ccccc3s2)c2ccccc2c1=O. The second-order valence-electron chi connectivity index (χ2n) is 7.67. The largest absolute Gasteiger partial charge is 0.290 e. The molecule has 0 saturated heterocycles. The number of hydrogen-bond acceptors (Lipinski definition) is 6. The lowest BCUT2D eigenvalue weighted by Gasteiger charge is -2.13. The lowest BCUT2D eigenvalue weighted by Crippen LogP contribution is -2.42. The van der Waals surface area contributed by atoms with Gasteiger partial charge in [-0.2, -0.15) is 5.10 Å². The van der Waals surface area contributed by atoms with Gasteiger partial charge in [-0.05, 0) is 44.9 Å². The van der Waals surface area contributed by atoms with Crippen LogP contribution in [0.15, 0.2) is 53.3 Å². The van der Waals surface area contributed by atoms with E-state index in [2.05, 4.69) is 20.9 Å². The zero-order valence-corrected chi connectivity index (χ0v) is 18.6. The first kappa shape index (κ1) is 21.6. The van der Waals surface area contributed by atoms with Gasteiger partial charge in [-0.15, -0.1) is 11.3 Å². The van der Waals surface area contributed by atoms with Gasteiger partial charge in [0, 0.05) is 11.8 Å². The molecule has 2 amide bonds. The molecule has 0 radical (unpaired) electrons. The minimum atomic E-state index is -0.574. The second kappa shape index (κ2) is 9.27. The molecule has 2 aromatic carbocycles. The molecular weight excluding hydrogens is 426 g/mol. The summed E-state index contributed by atoms with van der Waals surface area (Å²) < 4.78 is 2.40. The van der Waals surface area contributed by atoms with Crippen LogP contribution in [0.25, 0.3) is 21.0 Å². The van der Waals surface area contributed by atoms with E-state index in [0.717, 1.165) is 15.2 Å². The number of aryl methyl sites for hydroxylation is 1. The number of fused-ring (bicyclic) bond motifs is 2. The summed E-state index contributed by atoms with van der Waals surface area (Å²) in [6, 6.07) is 14.5. The Hall–Kier alpha value is -3.59. The standard InChI is InChI=1S/C23H23N5O3S/c1-14(2)28-23(31)16-9-4-3-8-15(16)21(27-28)22(30)26-25-19(29)12-7-13-20-24-17-10-5-6-11-18(17)32-20/h3-6,8-11,14H,7,12-13H2,1-2H3,(H,25,29)(H,26,30). The van der Waals surface area contributed by atoms with E-state index in [9.17, 15) is 14.4 Å². The number of thiazole rings is 1. The number of nitrogens with one attached hydrogen (secondary N) is 2. The summed E-state index contributed by atoms with van der Waals surface area (Å²) in [6.45, 7) is 3.64. The molecule has 2 N–H and O–H groups in total. The van der Waals surface area contributed by atoms with E-state index in [1.807, 2.05) is 38.1 Å². The van der Waals surface area contributed by atoms with Gasteiger partial charge in [-0.3, -0.25) is 25.2 Å². The van der Waals surface area contributed by atoms with Crippen molar-refractivity contribution in [1.29, 1.82) is 0 Å². The van der Waals surface area contributed by atoms with Crippen molar-refractivity contribution < 1.29 is 9.59 Å². The molecule has 164 valence electrons. The Balaban J connectivity index is 1.38. The van der Waals surface area contributed by atoms with Crippen LogP contribution in [-0.4, -0.2) is 26.6 Å². The first-order valence-electron chi connectivity index (χ1n) is 10.4. The predicted molar refractivity (Wildman–Crippen MR) is 125 cm³/mol. The smallest absolute Gasteiger partial charge is 0.273 e. The zero-order valence-electron chi connectivity index (χ0n) is 17.8. The van der Waals surface area contributed by atoms with Gasteiger partial charge >= 0.3 is 0 Å². The maximum absolute atomic E-state index is 12.7. The van der Waals surface area contributed by atoms with E-state index in [4.69, 9.17) is 0 Å². The number of aromatic nitrogens is 3. The van der Waals surface area contributed by atoms with Gasteiger partial charge in [-0.1, -0.05) is 30.3 Å². The molecular formula is C23H23N5O3S. The maximum atomic E-state index is 12.7. The van der Waals surface area contributed by atoms with Crippen LogP contribution in [0.4, 0.5) is 0 Å². The first-order valence-corrected chi connectivity index (χ1v) is 11.2. The zero-order chi connectivity index (χ0) is 22.7. The molecule has 0 aliphatic carbocycles. The third-order valence-corrected chi connectivity index (χ3v) is 6.08. The molecule has 0 atom stereocenters. The van der Waals surface area contributed by atoms with E-state index in [1.54, 1.807) is 35.6 Å². The molecule has 32 heavy (non-hydrogen) atoms. The van der Waals surface area contributed by atoms with Crippen LogP contribution in [0.2, 0.25) is 0 Å². The first-order chi connectivity index (χ1) is 15.4. The minimum absolute atomic E-state index is 0.0867. The van der Waals surface area contributed by atoms with Crippen molar-refractivity contribution in [3.8, 4) is 0 Å². The quantitative estimate of drug-likeness (QED) is 0.439. The van der Waals surface area contributed by atoms with Crippen LogP contribution < -0.4 is 16.4 Å². The van der Waals surface area contributed by atoms with Crippen molar-refractivity contribution in [1.82, 2.24) is 25.6 Å². The summed E-state index contributed by atoms with van der Waals surface area (Å²) >= 11 is 1.62. The predicted octanol–water partition coefficient (Wildman–Crippen LogP) is 3.37. The Morgan fingerprint density at radius 1 is 1.03 bits per heavy atom. The molecule has 4 rings (SSSR count). The fourth-order valence-corrected chi connectivity index (χ4v) is 4.41. The number of hydrazine groups is 1. The van der Waals surface area contributed by atoms with Gasteiger partial charge in [0.25, 0.3) is 11.5 Å². The van der Waals surface area contributed by atoms with Crippen LogP contribution in [-0.2, 0) is 11.2 Å². The number of para-hydroxylation sites is 1. The fourth-order valence-electron chi connectivity index (χ4n) is 3.40. The molecule has 8 nitrogen and oxygen atoms in total. The number of benzene rings is 2. The number of nitrogens with zero attached hydrogens (tertiary/aromatic N) is 3. The monoisotopic (exact) mass is 449 g/mol.